The van der Waals surface area contributed by atoms with Crippen LogP contribution >= 0.6 is 0 Å². The molecule has 0 fully saturated rings. The first-order valence-electron chi connectivity index (χ1n) is 6.94. The van der Waals surface area contributed by atoms with E-state index in [0.717, 1.165) is 11.1 Å². The molecule has 0 saturated heterocycles. The summed E-state index contributed by atoms with van der Waals surface area (Å²) in [4.78, 5) is 34.9. The van der Waals surface area contributed by atoms with Crippen LogP contribution < -0.4 is 0 Å². The number of para-hydroxylation sites is 1. The Morgan fingerprint density at radius 1 is 1.27 bits per heavy atom. The Bertz CT molecular complexity index is 789. The predicted octanol–water partition coefficient (Wildman–Crippen LogP) is 2.00. The average molecular weight is 301 g/mol. The maximum absolute atomic E-state index is 12.1. The van der Waals surface area contributed by atoms with Gasteiger partial charge in [-0.15, -0.1) is 0 Å². The lowest BCUT2D eigenvalue weighted by Gasteiger charge is -2.24. The molecule has 2 heterocycles. The fraction of sp³-hybridized carbons (Fsp3) is 0.312. The number of carbonyl (C=O) groups is 3. The third kappa shape index (κ3) is 2.16. The lowest BCUT2D eigenvalue weighted by atomic mass is 9.99. The fourth-order valence-electron chi connectivity index (χ4n) is 2.94. The summed E-state index contributed by atoms with van der Waals surface area (Å²) >= 11 is 0. The summed E-state index contributed by atoms with van der Waals surface area (Å²) in [6, 6.07) is 5.44. The molecule has 1 aromatic carbocycles. The highest BCUT2D eigenvalue weighted by molar-refractivity contribution is 6.43. The molecule has 1 atom stereocenters. The number of esters is 2. The largest absolute Gasteiger partial charge is 0.463 e. The summed E-state index contributed by atoms with van der Waals surface area (Å²) in [5, 5.41) is 0.671. The van der Waals surface area contributed by atoms with Gasteiger partial charge in [0.05, 0.1) is 18.2 Å². The van der Waals surface area contributed by atoms with Crippen LogP contribution in [0.25, 0.3) is 10.9 Å². The zero-order valence-corrected chi connectivity index (χ0v) is 12.3. The van der Waals surface area contributed by atoms with Gasteiger partial charge >= 0.3 is 11.9 Å². The Hall–Kier alpha value is -2.63. The molecule has 0 N–H and O–H groups in total. The molecular formula is C16H15NO5. The van der Waals surface area contributed by atoms with Gasteiger partial charge in [-0.3, -0.25) is 9.59 Å². The van der Waals surface area contributed by atoms with Crippen LogP contribution in [0.3, 0.4) is 0 Å². The molecule has 1 aliphatic rings. The summed E-state index contributed by atoms with van der Waals surface area (Å²) < 4.78 is 11.8. The predicted molar refractivity (Wildman–Crippen MR) is 77.4 cm³/mol. The zero-order chi connectivity index (χ0) is 15.9. The maximum Gasteiger partial charge on any atom is 0.379 e. The van der Waals surface area contributed by atoms with Crippen LogP contribution in [0.5, 0.6) is 0 Å². The second-order valence-corrected chi connectivity index (χ2v) is 5.19. The smallest absolute Gasteiger partial charge is 0.379 e. The summed E-state index contributed by atoms with van der Waals surface area (Å²) in [5.74, 6) is -1.90. The van der Waals surface area contributed by atoms with Crippen LogP contribution in [-0.4, -0.2) is 29.4 Å². The van der Waals surface area contributed by atoms with Crippen LogP contribution in [-0.2, 0) is 25.6 Å². The van der Waals surface area contributed by atoms with Gasteiger partial charge in [0.15, 0.2) is 0 Å². The number of methoxy groups -OCH3 is 1. The molecule has 0 spiro atoms. The molecule has 1 aromatic heterocycles. The van der Waals surface area contributed by atoms with E-state index in [4.69, 9.17) is 4.74 Å². The molecule has 114 valence electrons. The van der Waals surface area contributed by atoms with Gasteiger partial charge in [-0.1, -0.05) is 18.2 Å². The first-order valence-corrected chi connectivity index (χ1v) is 6.94. The van der Waals surface area contributed by atoms with E-state index in [0.29, 0.717) is 23.9 Å². The summed E-state index contributed by atoms with van der Waals surface area (Å²) in [5.41, 5.74) is 1.99. The van der Waals surface area contributed by atoms with Crippen molar-refractivity contribution in [2.75, 3.05) is 7.11 Å². The highest BCUT2D eigenvalue weighted by Crippen LogP contribution is 2.36. The Morgan fingerprint density at radius 2 is 2.05 bits per heavy atom. The Kier molecular flexibility index (Phi) is 3.44. The van der Waals surface area contributed by atoms with Crippen LogP contribution in [0.15, 0.2) is 24.4 Å². The van der Waals surface area contributed by atoms with Crippen molar-refractivity contribution in [2.24, 2.45) is 0 Å². The minimum Gasteiger partial charge on any atom is -0.463 e. The minimum atomic E-state index is -0.889. The summed E-state index contributed by atoms with van der Waals surface area (Å²) in [7, 11) is 1.18. The first kappa shape index (κ1) is 14.3. The molecule has 1 aliphatic heterocycles. The number of carbonyl (C=O) groups excluding carboxylic acids is 3. The zero-order valence-electron chi connectivity index (χ0n) is 12.3. The van der Waals surface area contributed by atoms with E-state index in [-0.39, 0.29) is 12.1 Å². The molecule has 22 heavy (non-hydrogen) atoms. The van der Waals surface area contributed by atoms with Crippen molar-refractivity contribution in [3.8, 4) is 0 Å². The van der Waals surface area contributed by atoms with Crippen LogP contribution in [0, 0.1) is 0 Å². The number of rotatable bonds is 3. The number of nitrogens with zero attached hydrogens (tertiary/aromatic N) is 1. The second-order valence-electron chi connectivity index (χ2n) is 5.19. The van der Waals surface area contributed by atoms with E-state index < -0.39 is 11.8 Å². The van der Waals surface area contributed by atoms with Crippen molar-refractivity contribution >= 4 is 28.6 Å². The van der Waals surface area contributed by atoms with Gasteiger partial charge in [0, 0.05) is 37.0 Å². The third-order valence-corrected chi connectivity index (χ3v) is 3.83. The minimum absolute atomic E-state index is 0.312. The normalized spacial score (nSPS) is 16.4. The van der Waals surface area contributed by atoms with E-state index in [2.05, 4.69) is 4.74 Å². The Balaban J connectivity index is 2.15. The fourth-order valence-corrected chi connectivity index (χ4v) is 2.94. The number of ether oxygens (including phenoxy) is 2. The SMILES string of the molecule is COC(=O)C(=O)c1cn2c3c(cccc13)C(OC(C)=O)CC2. The molecule has 1 unspecified atom stereocenters. The summed E-state index contributed by atoms with van der Waals surface area (Å²) in [6.07, 6.45) is 1.97. The van der Waals surface area contributed by atoms with E-state index >= 15 is 0 Å². The number of hydrogen-bond acceptors (Lipinski definition) is 5. The van der Waals surface area contributed by atoms with Gasteiger partial charge in [0.2, 0.25) is 0 Å². The lowest BCUT2D eigenvalue weighted by molar-refractivity contribution is -0.147. The number of Topliss-reactive ketones (excluding diaryl/α,β-unsaturated/α-hetero) is 1. The molecule has 3 rings (SSSR count). The number of aromatic nitrogens is 1. The second kappa shape index (κ2) is 5.29. The highest BCUT2D eigenvalue weighted by Gasteiger charge is 2.29. The van der Waals surface area contributed by atoms with Crippen LogP contribution in [0.2, 0.25) is 0 Å². The van der Waals surface area contributed by atoms with Gasteiger partial charge in [-0.05, 0) is 0 Å². The van der Waals surface area contributed by atoms with Crippen molar-refractivity contribution in [3.05, 3.63) is 35.5 Å². The van der Waals surface area contributed by atoms with Gasteiger partial charge in [-0.2, -0.15) is 0 Å². The van der Waals surface area contributed by atoms with Crippen LogP contribution in [0.4, 0.5) is 0 Å². The summed E-state index contributed by atoms with van der Waals surface area (Å²) in [6.45, 7) is 1.99. The third-order valence-electron chi connectivity index (χ3n) is 3.83. The van der Waals surface area contributed by atoms with Crippen molar-refractivity contribution < 1.29 is 23.9 Å². The number of aryl methyl sites for hydroxylation is 1. The standard InChI is InChI=1S/C16H15NO5/c1-9(18)22-13-6-7-17-8-12(15(19)16(20)21-2)10-4-3-5-11(13)14(10)17/h3-5,8,13H,6-7H2,1-2H3. The topological polar surface area (TPSA) is 74.6 Å². The molecule has 6 nitrogen and oxygen atoms in total. The van der Waals surface area contributed by atoms with Gasteiger partial charge in [0.1, 0.15) is 6.10 Å². The van der Waals surface area contributed by atoms with Crippen molar-refractivity contribution in [1.82, 2.24) is 4.57 Å². The van der Waals surface area contributed by atoms with E-state index in [1.807, 2.05) is 10.6 Å². The monoisotopic (exact) mass is 301 g/mol. The average Bonchev–Trinajstić information content (AvgIpc) is 2.88. The van der Waals surface area contributed by atoms with E-state index in [1.165, 1.54) is 14.0 Å². The first-order chi connectivity index (χ1) is 10.5. The molecule has 0 bridgehead atoms. The van der Waals surface area contributed by atoms with Gasteiger partial charge < -0.3 is 14.0 Å². The number of hydrogen-bond donors (Lipinski definition) is 0. The molecule has 0 radical (unpaired) electrons. The molecule has 6 heteroatoms. The number of benzene rings is 1. The van der Waals surface area contributed by atoms with Gasteiger partial charge in [-0.25, -0.2) is 4.79 Å². The lowest BCUT2D eigenvalue weighted by Crippen LogP contribution is -2.17. The molecule has 2 aromatic rings. The molecule has 0 aliphatic carbocycles. The molecule has 0 saturated carbocycles. The Labute approximate surface area is 126 Å². The molecular weight excluding hydrogens is 286 g/mol. The highest BCUT2D eigenvalue weighted by atomic mass is 16.5. The Morgan fingerprint density at radius 3 is 2.73 bits per heavy atom. The van der Waals surface area contributed by atoms with Crippen LogP contribution in [0.1, 0.15) is 35.4 Å². The van der Waals surface area contributed by atoms with Crippen molar-refractivity contribution in [1.29, 1.82) is 0 Å². The van der Waals surface area contributed by atoms with Crippen molar-refractivity contribution in [2.45, 2.75) is 26.0 Å². The van der Waals surface area contributed by atoms with E-state index in [9.17, 15) is 14.4 Å². The molecule has 0 amide bonds. The van der Waals surface area contributed by atoms with Crippen molar-refractivity contribution in [3.63, 3.8) is 0 Å². The number of ketones is 1. The quantitative estimate of drug-likeness (QED) is 0.492. The van der Waals surface area contributed by atoms with E-state index in [1.54, 1.807) is 18.3 Å². The maximum atomic E-state index is 12.1. The van der Waals surface area contributed by atoms with Gasteiger partial charge in [0.25, 0.3) is 5.78 Å².